The van der Waals surface area contributed by atoms with E-state index in [9.17, 15) is 63.3 Å². The van der Waals surface area contributed by atoms with Gasteiger partial charge >= 0.3 is 17.9 Å². The van der Waals surface area contributed by atoms with Crippen molar-refractivity contribution in [2.24, 2.45) is 34.0 Å². The van der Waals surface area contributed by atoms with Gasteiger partial charge in [0.15, 0.2) is 5.96 Å². The van der Waals surface area contributed by atoms with E-state index in [0.717, 1.165) is 5.56 Å². The average molecular weight is 1010 g/mol. The number of carboxylic acid groups (broad SMARTS) is 3. The molecule has 396 valence electrons. The molecule has 0 fully saturated rings. The van der Waals surface area contributed by atoms with E-state index in [1.165, 1.54) is 6.92 Å². The van der Waals surface area contributed by atoms with E-state index in [1.54, 1.807) is 88.4 Å². The molecule has 0 aliphatic carbocycles. The zero-order valence-corrected chi connectivity index (χ0v) is 41.2. The number of nitrogens with two attached hydrogens (primary N) is 3. The van der Waals surface area contributed by atoms with Crippen molar-refractivity contribution >= 4 is 65.2 Å². The summed E-state index contributed by atoms with van der Waals surface area (Å²) in [4.78, 5) is 135. The van der Waals surface area contributed by atoms with E-state index in [4.69, 9.17) is 17.2 Å². The monoisotopic (exact) mass is 1010 g/mol. The number of hydrogen-bond donors (Lipinski definition) is 13. The summed E-state index contributed by atoms with van der Waals surface area (Å²) in [5.41, 5.74) is 18.5. The molecule has 0 bridgehead atoms. The lowest BCUT2D eigenvalue weighted by Gasteiger charge is -2.28. The molecule has 0 saturated carbocycles. The summed E-state index contributed by atoms with van der Waals surface area (Å²) in [6.07, 6.45) is -2.22. The Bertz CT molecular complexity index is 2190. The lowest BCUT2D eigenvalue weighted by Crippen LogP contribution is -2.60. The topological polar surface area (TPSA) is 406 Å². The Morgan fingerprint density at radius 2 is 0.917 bits per heavy atom. The third-order valence-electron chi connectivity index (χ3n) is 10.8. The smallest absolute Gasteiger partial charge is 0.326 e. The first-order valence-electron chi connectivity index (χ1n) is 23.5. The number of benzene rings is 2. The van der Waals surface area contributed by atoms with Crippen LogP contribution in [0.2, 0.25) is 0 Å². The van der Waals surface area contributed by atoms with Crippen molar-refractivity contribution in [2.45, 2.75) is 141 Å². The van der Waals surface area contributed by atoms with Crippen molar-refractivity contribution in [3.63, 3.8) is 0 Å². The van der Waals surface area contributed by atoms with Crippen molar-refractivity contribution < 1.29 is 63.3 Å². The molecule has 0 aliphatic heterocycles. The van der Waals surface area contributed by atoms with Gasteiger partial charge in [0.1, 0.15) is 42.3 Å². The van der Waals surface area contributed by atoms with Crippen LogP contribution < -0.4 is 54.4 Å². The van der Waals surface area contributed by atoms with Crippen LogP contribution in [-0.2, 0) is 60.8 Å². The van der Waals surface area contributed by atoms with Crippen LogP contribution in [0.15, 0.2) is 65.7 Å². The van der Waals surface area contributed by atoms with Gasteiger partial charge in [-0.2, -0.15) is 0 Å². The molecule has 24 nitrogen and oxygen atoms in total. The van der Waals surface area contributed by atoms with Gasteiger partial charge in [0, 0.05) is 19.4 Å². The summed E-state index contributed by atoms with van der Waals surface area (Å²) >= 11 is 0. The number of hydrogen-bond acceptors (Lipinski definition) is 12. The standard InChI is InChI=1S/C48H71N11O13/c1-26(2)21-34(44(68)53-28(5)40(64)59-37(47(71)72)24-30-15-10-7-11-16-30)57-46(70)36(25-39(62)63)58-43(67)33(18-19-38(60)61)55-42(66)32(17-12-20-52-48(50)51)54-45(69)35(22-27(3)4)56-41(65)31(49)23-29-13-8-6-9-14-29/h6-11,13-16,26-28,31-37H,12,17-25,49H2,1-5H3,(H,53,68)(H,54,69)(H,55,66)(H,56,65)(H,57,70)(H,58,67)(H,59,64)(H,60,61)(H,62,63)(H,71,72)(H4,50,51,52)/t28-,31-,32-,33-,34-,35-,36-,37-/m0/s1. The second-order valence-electron chi connectivity index (χ2n) is 18.2. The second-order valence-corrected chi connectivity index (χ2v) is 18.2. The highest BCUT2D eigenvalue weighted by Gasteiger charge is 2.35. The van der Waals surface area contributed by atoms with Gasteiger partial charge in [0.25, 0.3) is 0 Å². The maximum Gasteiger partial charge on any atom is 0.326 e. The third kappa shape index (κ3) is 23.3. The van der Waals surface area contributed by atoms with Gasteiger partial charge in [-0.05, 0) is 68.4 Å². The first-order valence-corrected chi connectivity index (χ1v) is 23.5. The van der Waals surface area contributed by atoms with Gasteiger partial charge in [-0.15, -0.1) is 0 Å². The van der Waals surface area contributed by atoms with Crippen LogP contribution in [0, 0.1) is 11.8 Å². The fourth-order valence-electron chi connectivity index (χ4n) is 7.15. The van der Waals surface area contributed by atoms with E-state index in [1.807, 2.05) is 0 Å². The largest absolute Gasteiger partial charge is 0.481 e. The minimum Gasteiger partial charge on any atom is -0.481 e. The molecule has 2 aromatic carbocycles. The molecule has 7 amide bonds. The lowest BCUT2D eigenvalue weighted by molar-refractivity contribution is -0.142. The molecule has 24 heteroatoms. The predicted molar refractivity (Wildman–Crippen MR) is 263 cm³/mol. The van der Waals surface area contributed by atoms with E-state index < -0.39 is 127 Å². The highest BCUT2D eigenvalue weighted by molar-refractivity contribution is 5.98. The molecule has 0 spiro atoms. The van der Waals surface area contributed by atoms with E-state index in [-0.39, 0.29) is 62.9 Å². The number of aliphatic imine (C=N–C) groups is 1. The van der Waals surface area contributed by atoms with Gasteiger partial charge in [-0.3, -0.25) is 48.1 Å². The molecule has 2 aromatic rings. The fraction of sp³-hybridized carbons (Fsp3) is 0.521. The maximum absolute atomic E-state index is 14.1. The van der Waals surface area contributed by atoms with Crippen LogP contribution in [-0.4, -0.2) is 135 Å². The molecule has 16 N–H and O–H groups in total. The SMILES string of the molecule is CC(C)C[C@H](NC(=O)[C@H](CC(=O)O)NC(=O)[C@H](CCC(=O)O)NC(=O)[C@H](CCCN=C(N)N)NC(=O)[C@H](CC(C)C)NC(=O)[C@@H](N)Cc1ccccc1)C(=O)N[C@@H](C)C(=O)N[C@@H](Cc1ccccc1)C(=O)O. The predicted octanol–water partition coefficient (Wildman–Crippen LogP) is -1.22. The van der Waals surface area contributed by atoms with Gasteiger partial charge in [-0.25, -0.2) is 4.79 Å². The number of nitrogens with one attached hydrogen (secondary N) is 7. The number of aliphatic carboxylic acids is 3. The number of rotatable bonds is 32. The van der Waals surface area contributed by atoms with Gasteiger partial charge in [0.2, 0.25) is 41.4 Å². The molecule has 0 saturated heterocycles. The average Bonchev–Trinajstić information content (AvgIpc) is 3.30. The van der Waals surface area contributed by atoms with Crippen molar-refractivity contribution in [1.82, 2.24) is 37.2 Å². The van der Waals surface area contributed by atoms with Crippen molar-refractivity contribution in [3.8, 4) is 0 Å². The van der Waals surface area contributed by atoms with E-state index >= 15 is 0 Å². The Morgan fingerprint density at radius 3 is 1.39 bits per heavy atom. The molecule has 0 radical (unpaired) electrons. The molecular weight excluding hydrogens is 939 g/mol. The van der Waals surface area contributed by atoms with Crippen LogP contribution in [0.25, 0.3) is 0 Å². The summed E-state index contributed by atoms with van der Waals surface area (Å²) in [6.45, 7) is 8.29. The molecule has 0 heterocycles. The van der Waals surface area contributed by atoms with Gasteiger partial charge in [0.05, 0.1) is 12.5 Å². The number of amides is 7. The zero-order valence-electron chi connectivity index (χ0n) is 41.2. The normalized spacial score (nSPS) is 14.3. The molecule has 2 rings (SSSR count). The first-order chi connectivity index (χ1) is 33.9. The Kier molecular flexibility index (Phi) is 25.9. The molecular formula is C48H71N11O13. The van der Waals surface area contributed by atoms with Crippen molar-refractivity contribution in [1.29, 1.82) is 0 Å². The molecule has 72 heavy (non-hydrogen) atoms. The van der Waals surface area contributed by atoms with Gasteiger partial charge < -0.3 is 69.7 Å². The van der Waals surface area contributed by atoms with E-state index in [2.05, 4.69) is 42.2 Å². The molecule has 0 unspecified atom stereocenters. The summed E-state index contributed by atoms with van der Waals surface area (Å²) < 4.78 is 0. The Morgan fingerprint density at radius 1 is 0.500 bits per heavy atom. The number of carbonyl (C=O) groups is 10. The highest BCUT2D eigenvalue weighted by atomic mass is 16.4. The fourth-order valence-corrected chi connectivity index (χ4v) is 7.15. The Labute approximate surface area is 417 Å². The van der Waals surface area contributed by atoms with Crippen LogP contribution >= 0.6 is 0 Å². The van der Waals surface area contributed by atoms with Crippen molar-refractivity contribution in [3.05, 3.63) is 71.8 Å². The highest BCUT2D eigenvalue weighted by Crippen LogP contribution is 2.12. The minimum absolute atomic E-state index is 0.000724. The number of guanidine groups is 1. The number of nitrogens with zero attached hydrogens (tertiary/aromatic N) is 1. The van der Waals surface area contributed by atoms with Crippen molar-refractivity contribution in [2.75, 3.05) is 6.54 Å². The lowest BCUT2D eigenvalue weighted by atomic mass is 10.0. The van der Waals surface area contributed by atoms with Gasteiger partial charge in [-0.1, -0.05) is 88.4 Å². The molecule has 0 aliphatic rings. The summed E-state index contributed by atoms with van der Waals surface area (Å²) in [6, 6.07) is 5.99. The van der Waals surface area contributed by atoms with Crippen LogP contribution in [0.4, 0.5) is 0 Å². The number of carbonyl (C=O) groups excluding carboxylic acids is 7. The molecule has 0 aromatic heterocycles. The summed E-state index contributed by atoms with van der Waals surface area (Å²) in [7, 11) is 0. The quantitative estimate of drug-likeness (QED) is 0.0232. The minimum atomic E-state index is -1.92. The van der Waals surface area contributed by atoms with Crippen LogP contribution in [0.1, 0.15) is 90.7 Å². The first kappa shape index (κ1) is 60.5. The van der Waals surface area contributed by atoms with Crippen LogP contribution in [0.3, 0.4) is 0 Å². The Balaban J connectivity index is 2.35. The van der Waals surface area contributed by atoms with Crippen LogP contribution in [0.5, 0.6) is 0 Å². The summed E-state index contributed by atoms with van der Waals surface area (Å²) in [5.74, 6) is -11.5. The second kappa shape index (κ2) is 30.9. The summed E-state index contributed by atoms with van der Waals surface area (Å²) in [5, 5.41) is 46.2. The maximum atomic E-state index is 14.1. The molecule has 8 atom stereocenters. The number of carboxylic acids is 3. The Hall–Kier alpha value is -7.63. The zero-order chi connectivity index (χ0) is 54.1. The third-order valence-corrected chi connectivity index (χ3v) is 10.8. The van der Waals surface area contributed by atoms with E-state index in [0.29, 0.717) is 5.56 Å².